The van der Waals surface area contributed by atoms with Gasteiger partial charge in [-0.3, -0.25) is 9.59 Å². The molecule has 1 fully saturated rings. The van der Waals surface area contributed by atoms with Crippen LogP contribution in [0.25, 0.3) is 0 Å². The van der Waals surface area contributed by atoms with Gasteiger partial charge in [-0.1, -0.05) is 0 Å². The maximum Gasteiger partial charge on any atom is 0.241 e. The maximum absolute atomic E-state index is 12.2. The molecule has 1 heterocycles. The van der Waals surface area contributed by atoms with E-state index in [9.17, 15) is 9.59 Å². The van der Waals surface area contributed by atoms with Gasteiger partial charge in [0.2, 0.25) is 5.91 Å². The van der Waals surface area contributed by atoms with Crippen LogP contribution >= 0.6 is 0 Å². The van der Waals surface area contributed by atoms with Crippen LogP contribution in [-0.2, 0) is 4.79 Å². The van der Waals surface area contributed by atoms with Gasteiger partial charge in [-0.15, -0.1) is 0 Å². The van der Waals surface area contributed by atoms with Gasteiger partial charge in [0.15, 0.2) is 5.78 Å². The van der Waals surface area contributed by atoms with Gasteiger partial charge in [-0.25, -0.2) is 0 Å². The number of hydrogen-bond donors (Lipinski definition) is 1. The molecule has 2 rings (SSSR count). The molecular formula is C15H20N2O2. The summed E-state index contributed by atoms with van der Waals surface area (Å²) in [7, 11) is 0. The molecule has 1 aliphatic heterocycles. The second-order valence-corrected chi connectivity index (χ2v) is 5.57. The van der Waals surface area contributed by atoms with Gasteiger partial charge in [-0.2, -0.15) is 0 Å². The van der Waals surface area contributed by atoms with E-state index < -0.39 is 0 Å². The third kappa shape index (κ3) is 2.84. The third-order valence-electron chi connectivity index (χ3n) is 3.58. The number of anilines is 1. The summed E-state index contributed by atoms with van der Waals surface area (Å²) in [6.45, 7) is 6.87. The first-order valence-electron chi connectivity index (χ1n) is 6.56. The highest BCUT2D eigenvalue weighted by molar-refractivity contribution is 5.98. The number of nitrogens with one attached hydrogen (secondary N) is 1. The quantitative estimate of drug-likeness (QED) is 0.827. The number of nitrogens with zero attached hydrogens (tertiary/aromatic N) is 1. The normalized spacial score (nSPS) is 19.1. The molecule has 0 saturated carbocycles. The van der Waals surface area contributed by atoms with Crippen LogP contribution in [-0.4, -0.2) is 30.3 Å². The van der Waals surface area contributed by atoms with Crippen molar-refractivity contribution in [3.05, 3.63) is 29.8 Å². The largest absolute Gasteiger partial charge is 0.308 e. The lowest BCUT2D eigenvalue weighted by Gasteiger charge is -2.37. The standard InChI is InChI=1S/C15H20N2O2/c1-11(18)12-4-6-13(7-5-12)17-14(19)10-16-9-8-15(17,2)3/h4-7,16H,8-10H2,1-3H3. The fourth-order valence-corrected chi connectivity index (χ4v) is 2.46. The van der Waals surface area contributed by atoms with Crippen LogP contribution in [0, 0.1) is 0 Å². The van der Waals surface area contributed by atoms with Crippen LogP contribution in [0.2, 0.25) is 0 Å². The Labute approximate surface area is 113 Å². The van der Waals surface area contributed by atoms with Gasteiger partial charge in [-0.05, 0) is 58.0 Å². The lowest BCUT2D eigenvalue weighted by atomic mass is 9.97. The number of benzene rings is 1. The minimum Gasteiger partial charge on any atom is -0.308 e. The summed E-state index contributed by atoms with van der Waals surface area (Å²) < 4.78 is 0. The fraction of sp³-hybridized carbons (Fsp3) is 0.467. The highest BCUT2D eigenvalue weighted by atomic mass is 16.2. The number of carbonyl (C=O) groups excluding carboxylic acids is 2. The van der Waals surface area contributed by atoms with Crippen molar-refractivity contribution in [1.29, 1.82) is 0 Å². The van der Waals surface area contributed by atoms with Gasteiger partial charge in [0.1, 0.15) is 0 Å². The van der Waals surface area contributed by atoms with E-state index in [-0.39, 0.29) is 17.2 Å². The van der Waals surface area contributed by atoms with E-state index in [2.05, 4.69) is 19.2 Å². The Morgan fingerprint density at radius 2 is 1.89 bits per heavy atom. The second-order valence-electron chi connectivity index (χ2n) is 5.57. The molecule has 1 aromatic carbocycles. The molecule has 1 amide bonds. The molecule has 0 atom stereocenters. The fourth-order valence-electron chi connectivity index (χ4n) is 2.46. The van der Waals surface area contributed by atoms with Crippen molar-refractivity contribution < 1.29 is 9.59 Å². The number of Topliss-reactive ketones (excluding diaryl/α,β-unsaturated/α-hetero) is 1. The van der Waals surface area contributed by atoms with Gasteiger partial charge < -0.3 is 10.2 Å². The van der Waals surface area contributed by atoms with Crippen LogP contribution in [0.4, 0.5) is 5.69 Å². The van der Waals surface area contributed by atoms with Crippen molar-refractivity contribution in [2.45, 2.75) is 32.7 Å². The Morgan fingerprint density at radius 1 is 1.26 bits per heavy atom. The predicted molar refractivity (Wildman–Crippen MR) is 75.5 cm³/mol. The van der Waals surface area contributed by atoms with Crippen LogP contribution in [0.5, 0.6) is 0 Å². The van der Waals surface area contributed by atoms with Crippen LogP contribution < -0.4 is 10.2 Å². The summed E-state index contributed by atoms with van der Waals surface area (Å²) in [6, 6.07) is 7.25. The number of ketones is 1. The first-order chi connectivity index (χ1) is 8.92. The minimum atomic E-state index is -0.224. The van der Waals surface area contributed by atoms with Crippen molar-refractivity contribution >= 4 is 17.4 Å². The Balaban J connectivity index is 2.36. The third-order valence-corrected chi connectivity index (χ3v) is 3.58. The summed E-state index contributed by atoms with van der Waals surface area (Å²) in [4.78, 5) is 25.4. The smallest absolute Gasteiger partial charge is 0.241 e. The molecule has 1 aromatic rings. The molecule has 0 spiro atoms. The van der Waals surface area contributed by atoms with Gasteiger partial charge >= 0.3 is 0 Å². The van der Waals surface area contributed by atoms with E-state index in [1.54, 1.807) is 19.1 Å². The molecule has 0 radical (unpaired) electrons. The maximum atomic E-state index is 12.2. The molecule has 0 bridgehead atoms. The molecule has 19 heavy (non-hydrogen) atoms. The first-order valence-corrected chi connectivity index (χ1v) is 6.56. The Bertz CT molecular complexity index is 491. The monoisotopic (exact) mass is 260 g/mol. The summed E-state index contributed by atoms with van der Waals surface area (Å²) in [5, 5.41) is 3.14. The van der Waals surface area contributed by atoms with Crippen molar-refractivity contribution in [3.63, 3.8) is 0 Å². The van der Waals surface area contributed by atoms with E-state index in [0.29, 0.717) is 12.1 Å². The zero-order chi connectivity index (χ0) is 14.0. The molecule has 1 saturated heterocycles. The molecular weight excluding hydrogens is 240 g/mol. The van der Waals surface area contributed by atoms with Crippen molar-refractivity contribution in [1.82, 2.24) is 5.32 Å². The molecule has 4 nitrogen and oxygen atoms in total. The first kappa shape index (κ1) is 13.7. The van der Waals surface area contributed by atoms with E-state index in [0.717, 1.165) is 18.7 Å². The van der Waals surface area contributed by atoms with Crippen LogP contribution in [0.3, 0.4) is 0 Å². The lowest BCUT2D eigenvalue weighted by molar-refractivity contribution is -0.118. The average molecular weight is 260 g/mol. The van der Waals surface area contributed by atoms with Gasteiger partial charge in [0.05, 0.1) is 6.54 Å². The Kier molecular flexibility index (Phi) is 3.71. The lowest BCUT2D eigenvalue weighted by Crippen LogP contribution is -2.48. The molecule has 1 N–H and O–H groups in total. The average Bonchev–Trinajstić information content (AvgIpc) is 2.47. The molecule has 1 aliphatic rings. The number of carbonyl (C=O) groups is 2. The summed E-state index contributed by atoms with van der Waals surface area (Å²) in [6.07, 6.45) is 0.896. The van der Waals surface area contributed by atoms with Crippen LogP contribution in [0.1, 0.15) is 37.6 Å². The zero-order valence-electron chi connectivity index (χ0n) is 11.7. The molecule has 4 heteroatoms. The van der Waals surface area contributed by atoms with Crippen molar-refractivity contribution in [2.24, 2.45) is 0 Å². The summed E-state index contributed by atoms with van der Waals surface area (Å²) in [5.41, 5.74) is 1.30. The zero-order valence-corrected chi connectivity index (χ0v) is 11.7. The summed E-state index contributed by atoms with van der Waals surface area (Å²) in [5.74, 6) is 0.104. The summed E-state index contributed by atoms with van der Waals surface area (Å²) >= 11 is 0. The van der Waals surface area contributed by atoms with E-state index >= 15 is 0 Å². The molecule has 102 valence electrons. The predicted octanol–water partition coefficient (Wildman–Crippen LogP) is 1.99. The number of amides is 1. The number of rotatable bonds is 2. The minimum absolute atomic E-state index is 0.0367. The van der Waals surface area contributed by atoms with Gasteiger partial charge in [0, 0.05) is 16.8 Å². The van der Waals surface area contributed by atoms with E-state index in [1.807, 2.05) is 17.0 Å². The molecule has 0 aromatic heterocycles. The highest BCUT2D eigenvalue weighted by Gasteiger charge is 2.33. The van der Waals surface area contributed by atoms with E-state index in [1.165, 1.54) is 0 Å². The SMILES string of the molecule is CC(=O)c1ccc(N2C(=O)CNCCC2(C)C)cc1. The van der Waals surface area contributed by atoms with Crippen LogP contribution in [0.15, 0.2) is 24.3 Å². The topological polar surface area (TPSA) is 49.4 Å². The molecule has 0 unspecified atom stereocenters. The highest BCUT2D eigenvalue weighted by Crippen LogP contribution is 2.28. The van der Waals surface area contributed by atoms with E-state index in [4.69, 9.17) is 0 Å². The molecule has 0 aliphatic carbocycles. The Morgan fingerprint density at radius 3 is 2.47 bits per heavy atom. The Hall–Kier alpha value is -1.68. The second kappa shape index (κ2) is 5.13. The number of hydrogen-bond acceptors (Lipinski definition) is 3. The van der Waals surface area contributed by atoms with Gasteiger partial charge in [0.25, 0.3) is 0 Å². The van der Waals surface area contributed by atoms with Crippen molar-refractivity contribution in [3.8, 4) is 0 Å². The van der Waals surface area contributed by atoms with Crippen molar-refractivity contribution in [2.75, 3.05) is 18.0 Å².